The Morgan fingerprint density at radius 1 is 0.354 bits per heavy atom. The maximum absolute atomic E-state index is 14.3. The van der Waals surface area contributed by atoms with E-state index >= 15 is 0 Å². The van der Waals surface area contributed by atoms with E-state index in [1.54, 1.807) is 72.8 Å². The number of benzene rings is 5. The molecule has 0 aliphatic carbocycles. The van der Waals surface area contributed by atoms with Crippen molar-refractivity contribution in [1.29, 1.82) is 0 Å². The second kappa shape index (κ2) is 14.2. The van der Waals surface area contributed by atoms with Gasteiger partial charge in [-0.3, -0.25) is 0 Å². The molecule has 0 radical (unpaired) electrons. The Morgan fingerprint density at radius 3 is 0.938 bits per heavy atom. The van der Waals surface area contributed by atoms with Gasteiger partial charge in [0.15, 0.2) is 0 Å². The maximum atomic E-state index is 14.3. The Bertz CT molecular complexity index is 1760. The predicted octanol–water partition coefficient (Wildman–Crippen LogP) is 11.6. The Kier molecular flexibility index (Phi) is 10.3. The van der Waals surface area contributed by atoms with Crippen molar-refractivity contribution in [2.45, 2.75) is 52.4 Å². The van der Waals surface area contributed by atoms with Crippen LogP contribution in [0.1, 0.15) is 52.7 Å². The molecule has 5 rings (SSSR count). The van der Waals surface area contributed by atoms with Gasteiger partial charge in [-0.25, -0.2) is 0 Å². The van der Waals surface area contributed by atoms with Gasteiger partial charge in [0.05, 0.1) is 0 Å². The minimum Gasteiger partial charge on any atom is -0.386 e. The molecule has 0 aliphatic rings. The molecule has 0 heterocycles. The van der Waals surface area contributed by atoms with E-state index in [4.69, 9.17) is 27.1 Å². The highest BCUT2D eigenvalue weighted by atomic mass is 31.2. The molecule has 8 nitrogen and oxygen atoms in total. The summed E-state index contributed by atoms with van der Waals surface area (Å²) in [5, 5.41) is 0. The second-order valence-electron chi connectivity index (χ2n) is 13.0. The third kappa shape index (κ3) is 9.25. The van der Waals surface area contributed by atoms with Crippen molar-refractivity contribution in [1.82, 2.24) is 0 Å². The van der Waals surface area contributed by atoms with E-state index in [2.05, 4.69) is 0 Å². The van der Waals surface area contributed by atoms with E-state index < -0.39 is 15.6 Å². The minimum absolute atomic E-state index is 0.160. The highest BCUT2D eigenvalue weighted by molar-refractivity contribution is 7.50. The molecule has 0 fully saturated rings. The zero-order chi connectivity index (χ0) is 34.4. The van der Waals surface area contributed by atoms with Crippen molar-refractivity contribution >= 4 is 15.6 Å². The van der Waals surface area contributed by atoms with E-state index in [1.807, 2.05) is 77.9 Å². The van der Waals surface area contributed by atoms with Crippen LogP contribution in [0.3, 0.4) is 0 Å². The summed E-state index contributed by atoms with van der Waals surface area (Å²) in [5.41, 5.74) is 1.05. The second-order valence-corrected chi connectivity index (χ2v) is 15.9. The molecular weight excluding hydrogens is 646 g/mol. The van der Waals surface area contributed by atoms with E-state index in [1.165, 1.54) is 24.3 Å². The van der Waals surface area contributed by atoms with Gasteiger partial charge in [0, 0.05) is 11.1 Å². The van der Waals surface area contributed by atoms with Crippen LogP contribution in [0.2, 0.25) is 0 Å². The molecule has 0 saturated heterocycles. The van der Waals surface area contributed by atoms with Crippen molar-refractivity contribution < 1.29 is 36.3 Å². The molecule has 250 valence electrons. The third-order valence-corrected chi connectivity index (χ3v) is 9.57. The first-order valence-electron chi connectivity index (χ1n) is 15.5. The SMILES string of the molecule is CC(C)(C)c1ccccc1OP(=O)(Oc1ccccc1)Oc1ccc(OP(=O)(Oc2ccccc2)Oc2ccccc2C(C)(C)C)cc1. The summed E-state index contributed by atoms with van der Waals surface area (Å²) in [4.78, 5) is 0. The lowest BCUT2D eigenvalue weighted by Gasteiger charge is -2.26. The lowest BCUT2D eigenvalue weighted by atomic mass is 9.86. The number of hydrogen-bond acceptors (Lipinski definition) is 8. The zero-order valence-electron chi connectivity index (χ0n) is 27.9. The Labute approximate surface area is 282 Å². The molecule has 2 atom stereocenters. The molecule has 10 heteroatoms. The quantitative estimate of drug-likeness (QED) is 0.120. The average molecular weight is 687 g/mol. The van der Waals surface area contributed by atoms with Gasteiger partial charge >= 0.3 is 15.6 Å². The van der Waals surface area contributed by atoms with Gasteiger partial charge in [-0.2, -0.15) is 9.13 Å². The van der Waals surface area contributed by atoms with Crippen LogP contribution in [0.15, 0.2) is 133 Å². The molecule has 0 amide bonds. The molecule has 0 aliphatic heterocycles. The van der Waals surface area contributed by atoms with Crippen molar-refractivity contribution in [3.05, 3.63) is 145 Å². The smallest absolute Gasteiger partial charge is 0.386 e. The predicted molar refractivity (Wildman–Crippen MR) is 189 cm³/mol. The monoisotopic (exact) mass is 686 g/mol. The van der Waals surface area contributed by atoms with Crippen molar-refractivity contribution in [3.8, 4) is 34.5 Å². The summed E-state index contributed by atoms with van der Waals surface area (Å²) < 4.78 is 64.2. The lowest BCUT2D eigenvalue weighted by Crippen LogP contribution is -2.15. The van der Waals surface area contributed by atoms with Gasteiger partial charge in [-0.1, -0.05) is 114 Å². The van der Waals surface area contributed by atoms with Gasteiger partial charge < -0.3 is 27.1 Å². The van der Waals surface area contributed by atoms with E-state index in [0.29, 0.717) is 23.0 Å². The first-order valence-corrected chi connectivity index (χ1v) is 18.4. The zero-order valence-corrected chi connectivity index (χ0v) is 29.7. The molecule has 5 aromatic rings. The normalized spacial score (nSPS) is 14.1. The first-order chi connectivity index (χ1) is 22.7. The van der Waals surface area contributed by atoms with Crippen LogP contribution >= 0.6 is 15.6 Å². The fourth-order valence-electron chi connectivity index (χ4n) is 4.72. The number of hydrogen-bond donors (Lipinski definition) is 0. The van der Waals surface area contributed by atoms with E-state index in [-0.39, 0.29) is 22.3 Å². The van der Waals surface area contributed by atoms with E-state index in [0.717, 1.165) is 11.1 Å². The molecule has 2 unspecified atom stereocenters. The summed E-state index contributed by atoms with van der Waals surface area (Å²) in [7, 11) is -8.59. The molecule has 48 heavy (non-hydrogen) atoms. The Balaban J connectivity index is 1.42. The molecular formula is C38H40O8P2. The van der Waals surface area contributed by atoms with Crippen LogP contribution in [0.25, 0.3) is 0 Å². The average Bonchev–Trinajstić information content (AvgIpc) is 3.02. The fourth-order valence-corrected chi connectivity index (χ4v) is 7.27. The highest BCUT2D eigenvalue weighted by Gasteiger charge is 2.37. The highest BCUT2D eigenvalue weighted by Crippen LogP contribution is 2.53. The largest absolute Gasteiger partial charge is 0.647 e. The summed E-state index contributed by atoms with van der Waals surface area (Å²) >= 11 is 0. The molecule has 0 N–H and O–H groups in total. The Morgan fingerprint density at radius 2 is 0.625 bits per heavy atom. The molecule has 0 aromatic heterocycles. The molecule has 5 aromatic carbocycles. The van der Waals surface area contributed by atoms with Gasteiger partial charge in [-0.05, 0) is 71.5 Å². The van der Waals surface area contributed by atoms with Crippen LogP contribution in [-0.2, 0) is 20.0 Å². The van der Waals surface area contributed by atoms with Crippen molar-refractivity contribution in [2.75, 3.05) is 0 Å². The summed E-state index contributed by atoms with van der Waals surface area (Å²) in [6.45, 7) is 12.2. The van der Waals surface area contributed by atoms with Crippen LogP contribution in [-0.4, -0.2) is 0 Å². The number of phosphoric acid groups is 2. The van der Waals surface area contributed by atoms with Gasteiger partial charge in [-0.15, -0.1) is 0 Å². The summed E-state index contributed by atoms with van der Waals surface area (Å²) in [6, 6.07) is 38.0. The fraction of sp³-hybridized carbons (Fsp3) is 0.211. The van der Waals surface area contributed by atoms with Crippen molar-refractivity contribution in [3.63, 3.8) is 0 Å². The molecule has 0 saturated carbocycles. The summed E-state index contributed by atoms with van der Waals surface area (Å²) in [6.07, 6.45) is 0. The minimum atomic E-state index is -4.30. The standard InChI is InChI=1S/C38H40O8P2/c1-37(2,3)33-21-13-15-23-35(33)45-47(39,41-29-17-9-7-10-18-29)43-31-25-27-32(28-26-31)44-48(40,42-30-19-11-8-12-20-30)46-36-24-16-14-22-34(36)38(4,5)6/h7-28H,1-6H3. The number of para-hydroxylation sites is 4. The van der Waals surface area contributed by atoms with Gasteiger partial charge in [0.1, 0.15) is 34.5 Å². The lowest BCUT2D eigenvalue weighted by molar-refractivity contribution is 0.291. The first kappa shape index (κ1) is 34.7. The third-order valence-electron chi connectivity index (χ3n) is 6.99. The van der Waals surface area contributed by atoms with Crippen LogP contribution in [0.4, 0.5) is 0 Å². The van der Waals surface area contributed by atoms with Gasteiger partial charge in [0.25, 0.3) is 0 Å². The van der Waals surface area contributed by atoms with Crippen molar-refractivity contribution in [2.24, 2.45) is 0 Å². The maximum Gasteiger partial charge on any atom is 0.647 e. The number of phosphoric ester groups is 2. The molecule has 0 bridgehead atoms. The topological polar surface area (TPSA) is 89.5 Å². The molecule has 0 spiro atoms. The van der Waals surface area contributed by atoms with Crippen LogP contribution < -0.4 is 27.1 Å². The Hall–Kier alpha value is -4.64. The van der Waals surface area contributed by atoms with Gasteiger partial charge in [0.2, 0.25) is 0 Å². The number of rotatable bonds is 12. The summed E-state index contributed by atoms with van der Waals surface area (Å²) in [5.74, 6) is 1.67. The van der Waals surface area contributed by atoms with Crippen LogP contribution in [0, 0.1) is 0 Å². The van der Waals surface area contributed by atoms with Crippen LogP contribution in [0.5, 0.6) is 34.5 Å². The van der Waals surface area contributed by atoms with E-state index in [9.17, 15) is 9.13 Å².